The van der Waals surface area contributed by atoms with Crippen LogP contribution in [0.2, 0.25) is 0 Å². The zero-order chi connectivity index (χ0) is 13.1. The molecule has 1 aromatic carbocycles. The molecular formula is C15H7N3S2. The second kappa shape index (κ2) is 3.71. The summed E-state index contributed by atoms with van der Waals surface area (Å²) < 4.78 is 2.60. The molecule has 4 heterocycles. The molecule has 0 radical (unpaired) electrons. The number of nitrogens with zero attached hydrogens (tertiary/aromatic N) is 3. The van der Waals surface area contributed by atoms with Crippen LogP contribution in [0.3, 0.4) is 0 Å². The molecular weight excluding hydrogens is 286 g/mol. The summed E-state index contributed by atoms with van der Waals surface area (Å²) in [6, 6.07) is 8.13. The van der Waals surface area contributed by atoms with Crippen molar-refractivity contribution >= 4 is 65.0 Å². The van der Waals surface area contributed by atoms with E-state index in [9.17, 15) is 0 Å². The van der Waals surface area contributed by atoms with Gasteiger partial charge in [0.25, 0.3) is 0 Å². The Balaban J connectivity index is 2.19. The molecule has 5 rings (SSSR count). The highest BCUT2D eigenvalue weighted by molar-refractivity contribution is 7.25. The van der Waals surface area contributed by atoms with Crippen LogP contribution in [-0.4, -0.2) is 15.0 Å². The molecule has 20 heavy (non-hydrogen) atoms. The number of hydrogen-bond donors (Lipinski definition) is 0. The molecule has 3 nitrogen and oxygen atoms in total. The number of rotatable bonds is 0. The molecule has 0 fully saturated rings. The highest BCUT2D eigenvalue weighted by Crippen LogP contribution is 2.39. The molecule has 0 saturated heterocycles. The molecule has 0 spiro atoms. The minimum Gasteiger partial charge on any atom is -0.242 e. The van der Waals surface area contributed by atoms with Gasteiger partial charge in [0.15, 0.2) is 5.65 Å². The Labute approximate surface area is 121 Å². The minimum atomic E-state index is 0.710. The number of aromatic nitrogens is 3. The van der Waals surface area contributed by atoms with Gasteiger partial charge in [-0.05, 0) is 35.0 Å². The van der Waals surface area contributed by atoms with E-state index >= 15 is 0 Å². The Bertz CT molecular complexity index is 1020. The van der Waals surface area contributed by atoms with E-state index in [1.807, 2.05) is 12.1 Å². The molecule has 0 aliphatic heterocycles. The maximum atomic E-state index is 4.79. The topological polar surface area (TPSA) is 38.7 Å². The molecule has 0 aliphatic carbocycles. The first-order valence-electron chi connectivity index (χ1n) is 6.21. The third-order valence-electron chi connectivity index (χ3n) is 3.49. The first-order valence-corrected chi connectivity index (χ1v) is 7.96. The summed E-state index contributed by atoms with van der Waals surface area (Å²) in [5.74, 6) is 0. The van der Waals surface area contributed by atoms with E-state index in [1.165, 1.54) is 20.2 Å². The van der Waals surface area contributed by atoms with Gasteiger partial charge in [0.1, 0.15) is 11.0 Å². The van der Waals surface area contributed by atoms with Gasteiger partial charge in [-0.15, -0.1) is 22.7 Å². The fourth-order valence-corrected chi connectivity index (χ4v) is 4.60. The summed E-state index contributed by atoms with van der Waals surface area (Å²) in [6.45, 7) is 0. The lowest BCUT2D eigenvalue weighted by molar-refractivity contribution is 1.29. The van der Waals surface area contributed by atoms with Crippen LogP contribution in [0.4, 0.5) is 0 Å². The van der Waals surface area contributed by atoms with Crippen molar-refractivity contribution < 1.29 is 0 Å². The lowest BCUT2D eigenvalue weighted by Gasteiger charge is -2.03. The second-order valence-corrected chi connectivity index (χ2v) is 6.43. The number of thiophene rings is 2. The summed E-state index contributed by atoms with van der Waals surface area (Å²) in [4.78, 5) is 13.9. The number of hydrogen-bond acceptors (Lipinski definition) is 5. The molecule has 0 unspecified atom stereocenters. The van der Waals surface area contributed by atoms with Crippen LogP contribution in [-0.2, 0) is 0 Å². The van der Waals surface area contributed by atoms with Crippen LogP contribution < -0.4 is 0 Å². The normalized spacial score (nSPS) is 12.0. The summed E-state index contributed by atoms with van der Waals surface area (Å²) in [5, 5.41) is 6.62. The summed E-state index contributed by atoms with van der Waals surface area (Å²) in [7, 11) is 0. The van der Waals surface area contributed by atoms with Crippen molar-refractivity contribution in [2.24, 2.45) is 0 Å². The van der Waals surface area contributed by atoms with Crippen LogP contribution in [0.25, 0.3) is 42.4 Å². The lowest BCUT2D eigenvalue weighted by atomic mass is 10.1. The molecule has 0 bridgehead atoms. The minimum absolute atomic E-state index is 0.710. The zero-order valence-electron chi connectivity index (χ0n) is 10.2. The predicted octanol–water partition coefficient (Wildman–Crippen LogP) is 4.61. The van der Waals surface area contributed by atoms with E-state index in [-0.39, 0.29) is 0 Å². The van der Waals surface area contributed by atoms with Crippen LogP contribution in [0.15, 0.2) is 41.2 Å². The Kier molecular flexibility index (Phi) is 1.98. The lowest BCUT2D eigenvalue weighted by Crippen LogP contribution is -1.90. The van der Waals surface area contributed by atoms with Crippen LogP contribution in [0, 0.1) is 0 Å². The van der Waals surface area contributed by atoms with Crippen molar-refractivity contribution in [1.29, 1.82) is 0 Å². The number of benzene rings is 1. The molecule has 0 saturated carbocycles. The van der Waals surface area contributed by atoms with Gasteiger partial charge in [0.2, 0.25) is 0 Å². The average Bonchev–Trinajstić information content (AvgIpc) is 3.14. The second-order valence-electron chi connectivity index (χ2n) is 4.59. The van der Waals surface area contributed by atoms with Crippen molar-refractivity contribution in [3.05, 3.63) is 41.2 Å². The molecule has 0 atom stereocenters. The first kappa shape index (κ1) is 10.7. The van der Waals surface area contributed by atoms with Gasteiger partial charge in [0, 0.05) is 17.0 Å². The maximum Gasteiger partial charge on any atom is 0.178 e. The standard InChI is InChI=1S/C15H7N3S2/c1-2-10-15(16-5-1)18-12-9-4-7-20-14(9)13-8(3-6-19-13)11(12)17-10/h1-7H. The van der Waals surface area contributed by atoms with Gasteiger partial charge < -0.3 is 0 Å². The van der Waals surface area contributed by atoms with Gasteiger partial charge in [-0.3, -0.25) is 0 Å². The Morgan fingerprint density at radius 2 is 1.50 bits per heavy atom. The highest BCUT2D eigenvalue weighted by Gasteiger charge is 2.13. The van der Waals surface area contributed by atoms with Crippen LogP contribution >= 0.6 is 22.7 Å². The van der Waals surface area contributed by atoms with Crippen molar-refractivity contribution in [2.75, 3.05) is 0 Å². The molecule has 5 heteroatoms. The fraction of sp³-hybridized carbons (Fsp3) is 0. The quantitative estimate of drug-likeness (QED) is 0.391. The van der Waals surface area contributed by atoms with Crippen molar-refractivity contribution in [3.63, 3.8) is 0 Å². The van der Waals surface area contributed by atoms with Gasteiger partial charge in [0.05, 0.1) is 14.9 Å². The van der Waals surface area contributed by atoms with Crippen molar-refractivity contribution in [3.8, 4) is 0 Å². The molecule has 0 N–H and O–H groups in total. The molecule has 94 valence electrons. The van der Waals surface area contributed by atoms with E-state index in [4.69, 9.17) is 9.97 Å². The largest absolute Gasteiger partial charge is 0.242 e. The Morgan fingerprint density at radius 3 is 2.25 bits per heavy atom. The van der Waals surface area contributed by atoms with E-state index in [0.717, 1.165) is 16.6 Å². The molecule has 5 aromatic rings. The van der Waals surface area contributed by atoms with Gasteiger partial charge in [-0.2, -0.15) is 0 Å². The monoisotopic (exact) mass is 293 g/mol. The van der Waals surface area contributed by atoms with Gasteiger partial charge in [-0.25, -0.2) is 15.0 Å². The van der Waals surface area contributed by atoms with Crippen LogP contribution in [0.1, 0.15) is 0 Å². The van der Waals surface area contributed by atoms with Gasteiger partial charge in [-0.1, -0.05) is 0 Å². The van der Waals surface area contributed by atoms with E-state index in [2.05, 4.69) is 27.9 Å². The smallest absolute Gasteiger partial charge is 0.178 e. The highest BCUT2D eigenvalue weighted by atomic mass is 32.1. The summed E-state index contributed by atoms with van der Waals surface area (Å²) >= 11 is 3.53. The zero-order valence-corrected chi connectivity index (χ0v) is 11.8. The van der Waals surface area contributed by atoms with E-state index < -0.39 is 0 Å². The average molecular weight is 293 g/mol. The Hall–Kier alpha value is -2.11. The molecule has 0 aliphatic rings. The first-order chi connectivity index (χ1) is 9.92. The third kappa shape index (κ3) is 1.26. The summed E-state index contributed by atoms with van der Waals surface area (Å²) in [5.41, 5.74) is 3.50. The number of fused-ring (bicyclic) bond motifs is 7. The molecule has 0 amide bonds. The van der Waals surface area contributed by atoms with Crippen molar-refractivity contribution in [2.45, 2.75) is 0 Å². The van der Waals surface area contributed by atoms with Crippen molar-refractivity contribution in [1.82, 2.24) is 15.0 Å². The SMILES string of the molecule is c1cnc2nc3c4ccsc4c4sccc4c3nc2c1. The maximum absolute atomic E-state index is 4.79. The predicted molar refractivity (Wildman–Crippen MR) is 85.6 cm³/mol. The fourth-order valence-electron chi connectivity index (χ4n) is 2.61. The molecule has 4 aromatic heterocycles. The van der Waals surface area contributed by atoms with E-state index in [1.54, 1.807) is 28.9 Å². The Morgan fingerprint density at radius 1 is 0.800 bits per heavy atom. The summed E-state index contributed by atoms with van der Waals surface area (Å²) in [6.07, 6.45) is 1.76. The number of pyridine rings is 1. The van der Waals surface area contributed by atoms with E-state index in [0.29, 0.717) is 5.65 Å². The van der Waals surface area contributed by atoms with Gasteiger partial charge >= 0.3 is 0 Å². The van der Waals surface area contributed by atoms with Crippen LogP contribution in [0.5, 0.6) is 0 Å². The third-order valence-corrected chi connectivity index (χ3v) is 5.48.